The second kappa shape index (κ2) is 6.74. The number of anilines is 2. The smallest absolute Gasteiger partial charge is 0.246 e. The van der Waals surface area contributed by atoms with Gasteiger partial charge in [-0.1, -0.05) is 20.8 Å². The van der Waals surface area contributed by atoms with Crippen LogP contribution in [0.3, 0.4) is 0 Å². The van der Waals surface area contributed by atoms with Crippen molar-refractivity contribution in [1.29, 1.82) is 0 Å². The minimum absolute atomic E-state index is 0.158. The molecule has 0 spiro atoms. The van der Waals surface area contributed by atoms with Gasteiger partial charge in [0.05, 0.1) is 0 Å². The van der Waals surface area contributed by atoms with Gasteiger partial charge in [-0.3, -0.25) is 4.79 Å². The number of hydrogen-bond donors (Lipinski definition) is 2. The molecule has 0 aliphatic carbocycles. The minimum atomic E-state index is -0.447. The first-order valence-electron chi connectivity index (χ1n) is 9.18. The summed E-state index contributed by atoms with van der Waals surface area (Å²) in [5.74, 6) is 1.84. The van der Waals surface area contributed by atoms with Crippen molar-refractivity contribution in [3.8, 4) is 11.5 Å². The molecule has 28 heavy (non-hydrogen) atoms. The number of carbonyl (C=O) groups excluding carboxylic acids is 1. The molecule has 4 rings (SSSR count). The Hall–Kier alpha value is -3.22. The lowest BCUT2D eigenvalue weighted by Crippen LogP contribution is -2.31. The van der Waals surface area contributed by atoms with E-state index in [1.165, 1.54) is 0 Å². The zero-order valence-corrected chi connectivity index (χ0v) is 16.3. The van der Waals surface area contributed by atoms with Crippen LogP contribution < -0.4 is 20.1 Å². The molecule has 0 bridgehead atoms. The lowest BCUT2D eigenvalue weighted by atomic mass is 9.97. The number of benzene rings is 2. The first-order chi connectivity index (χ1) is 13.3. The third kappa shape index (κ3) is 3.60. The molecule has 146 valence electrons. The van der Waals surface area contributed by atoms with E-state index in [0.717, 1.165) is 16.8 Å². The summed E-state index contributed by atoms with van der Waals surface area (Å²) in [5, 5.41) is 6.09. The van der Waals surface area contributed by atoms with Crippen molar-refractivity contribution in [2.75, 3.05) is 17.4 Å². The molecule has 0 saturated heterocycles. The van der Waals surface area contributed by atoms with Gasteiger partial charge in [-0.25, -0.2) is 4.98 Å². The number of rotatable bonds is 4. The Morgan fingerprint density at radius 2 is 1.82 bits per heavy atom. The number of nitrogens with one attached hydrogen (secondary N) is 2. The van der Waals surface area contributed by atoms with Gasteiger partial charge in [0, 0.05) is 22.9 Å². The summed E-state index contributed by atoms with van der Waals surface area (Å²) >= 11 is 0. The Morgan fingerprint density at radius 1 is 1.07 bits per heavy atom. The van der Waals surface area contributed by atoms with Gasteiger partial charge in [0.15, 0.2) is 17.1 Å². The average Bonchev–Trinajstić information content (AvgIpc) is 3.27. The molecule has 1 aromatic heterocycles. The van der Waals surface area contributed by atoms with E-state index in [4.69, 9.17) is 13.9 Å². The summed E-state index contributed by atoms with van der Waals surface area (Å²) in [4.78, 5) is 17.1. The predicted molar refractivity (Wildman–Crippen MR) is 107 cm³/mol. The number of aromatic nitrogens is 1. The van der Waals surface area contributed by atoms with Crippen LogP contribution in [0.1, 0.15) is 33.6 Å². The Balaban J connectivity index is 1.45. The molecular formula is C21H23N3O4. The summed E-state index contributed by atoms with van der Waals surface area (Å²) < 4.78 is 16.4. The second-order valence-electron chi connectivity index (χ2n) is 7.87. The van der Waals surface area contributed by atoms with Crippen molar-refractivity contribution in [3.05, 3.63) is 42.3 Å². The van der Waals surface area contributed by atoms with Crippen LogP contribution in [0.5, 0.6) is 11.5 Å². The lowest BCUT2D eigenvalue weighted by Gasteiger charge is -2.15. The van der Waals surface area contributed by atoms with Gasteiger partial charge in [0.1, 0.15) is 11.6 Å². The van der Waals surface area contributed by atoms with Crippen LogP contribution in [0.4, 0.5) is 11.4 Å². The van der Waals surface area contributed by atoms with Gasteiger partial charge in [-0.2, -0.15) is 0 Å². The molecule has 0 radical (unpaired) electrons. The van der Waals surface area contributed by atoms with Crippen molar-refractivity contribution < 1.29 is 18.7 Å². The van der Waals surface area contributed by atoms with Crippen molar-refractivity contribution >= 4 is 28.4 Å². The van der Waals surface area contributed by atoms with E-state index in [1.54, 1.807) is 25.1 Å². The third-order valence-corrected chi connectivity index (χ3v) is 4.45. The van der Waals surface area contributed by atoms with E-state index in [2.05, 4.69) is 36.4 Å². The molecule has 2 aromatic carbocycles. The average molecular weight is 381 g/mol. The normalized spacial score (nSPS) is 14.1. The standard InChI is InChI=1S/C21H23N3O4/c1-12(19(25)23-14-6-8-17-18(10-14)27-11-26-17)22-13-5-7-16-15(9-13)24-20(28-16)21(2,3)4/h5-10,12,22H,11H2,1-4H3,(H,23,25)/t12-/m0/s1. The van der Waals surface area contributed by atoms with Crippen molar-refractivity contribution in [3.63, 3.8) is 0 Å². The maximum atomic E-state index is 12.5. The van der Waals surface area contributed by atoms with Gasteiger partial charge in [-0.15, -0.1) is 0 Å². The Kier molecular flexibility index (Phi) is 4.37. The van der Waals surface area contributed by atoms with Crippen LogP contribution in [0.2, 0.25) is 0 Å². The molecule has 1 atom stereocenters. The lowest BCUT2D eigenvalue weighted by molar-refractivity contribution is -0.116. The number of fused-ring (bicyclic) bond motifs is 2. The molecule has 3 aromatic rings. The van der Waals surface area contributed by atoms with E-state index in [0.29, 0.717) is 23.1 Å². The van der Waals surface area contributed by atoms with E-state index in [9.17, 15) is 4.79 Å². The zero-order valence-electron chi connectivity index (χ0n) is 16.3. The Bertz CT molecular complexity index is 1040. The van der Waals surface area contributed by atoms with Gasteiger partial charge < -0.3 is 24.5 Å². The highest BCUT2D eigenvalue weighted by Gasteiger charge is 2.21. The van der Waals surface area contributed by atoms with E-state index in [1.807, 2.05) is 18.2 Å². The molecule has 0 unspecified atom stereocenters. The highest BCUT2D eigenvalue weighted by Crippen LogP contribution is 2.34. The van der Waals surface area contributed by atoms with E-state index in [-0.39, 0.29) is 18.1 Å². The number of ether oxygens (including phenoxy) is 2. The number of nitrogens with zero attached hydrogens (tertiary/aromatic N) is 1. The zero-order chi connectivity index (χ0) is 19.9. The van der Waals surface area contributed by atoms with Crippen LogP contribution in [-0.4, -0.2) is 23.7 Å². The topological polar surface area (TPSA) is 85.6 Å². The largest absolute Gasteiger partial charge is 0.454 e. The van der Waals surface area contributed by atoms with Crippen molar-refractivity contribution in [2.24, 2.45) is 0 Å². The SMILES string of the molecule is C[C@H](Nc1ccc2oc(C(C)(C)C)nc2c1)C(=O)Nc1ccc2c(c1)OCO2. The fourth-order valence-electron chi connectivity index (χ4n) is 2.88. The fourth-order valence-corrected chi connectivity index (χ4v) is 2.88. The molecule has 7 nitrogen and oxygen atoms in total. The number of hydrogen-bond acceptors (Lipinski definition) is 6. The first-order valence-corrected chi connectivity index (χ1v) is 9.18. The van der Waals surface area contributed by atoms with Crippen LogP contribution >= 0.6 is 0 Å². The second-order valence-corrected chi connectivity index (χ2v) is 7.87. The maximum Gasteiger partial charge on any atom is 0.246 e. The van der Waals surface area contributed by atoms with E-state index >= 15 is 0 Å². The highest BCUT2D eigenvalue weighted by atomic mass is 16.7. The van der Waals surface area contributed by atoms with Crippen LogP contribution in [0.25, 0.3) is 11.1 Å². The monoisotopic (exact) mass is 381 g/mol. The van der Waals surface area contributed by atoms with Gasteiger partial charge >= 0.3 is 0 Å². The minimum Gasteiger partial charge on any atom is -0.454 e. The van der Waals surface area contributed by atoms with Gasteiger partial charge in [-0.05, 0) is 37.3 Å². The van der Waals surface area contributed by atoms with Gasteiger partial charge in [0.25, 0.3) is 0 Å². The van der Waals surface area contributed by atoms with Crippen LogP contribution in [0.15, 0.2) is 40.8 Å². The molecule has 1 aliphatic rings. The molecule has 0 saturated carbocycles. The predicted octanol–water partition coefficient (Wildman–Crippen LogP) is 4.29. The fraction of sp³-hybridized carbons (Fsp3) is 0.333. The van der Waals surface area contributed by atoms with Crippen LogP contribution in [-0.2, 0) is 10.2 Å². The van der Waals surface area contributed by atoms with E-state index < -0.39 is 6.04 Å². The maximum absolute atomic E-state index is 12.5. The molecule has 2 N–H and O–H groups in total. The summed E-state index contributed by atoms with van der Waals surface area (Å²) in [6, 6.07) is 10.5. The van der Waals surface area contributed by atoms with Crippen molar-refractivity contribution in [2.45, 2.75) is 39.2 Å². The Labute approximate surface area is 163 Å². The highest BCUT2D eigenvalue weighted by molar-refractivity contribution is 5.96. The summed E-state index contributed by atoms with van der Waals surface area (Å²) in [6.45, 7) is 8.17. The molecule has 2 heterocycles. The molecule has 7 heteroatoms. The van der Waals surface area contributed by atoms with Gasteiger partial charge in [0.2, 0.25) is 18.6 Å². The van der Waals surface area contributed by atoms with Crippen LogP contribution in [0, 0.1) is 0 Å². The third-order valence-electron chi connectivity index (χ3n) is 4.45. The summed E-state index contributed by atoms with van der Waals surface area (Å²) in [6.07, 6.45) is 0. The summed E-state index contributed by atoms with van der Waals surface area (Å²) in [7, 11) is 0. The van der Waals surface area contributed by atoms with Crippen molar-refractivity contribution in [1.82, 2.24) is 4.98 Å². The molecule has 1 aliphatic heterocycles. The Morgan fingerprint density at radius 3 is 2.61 bits per heavy atom. The molecule has 1 amide bonds. The first kappa shape index (κ1) is 18.2. The number of carbonyl (C=O) groups is 1. The number of amides is 1. The molecular weight excluding hydrogens is 358 g/mol. The molecule has 0 fully saturated rings. The summed E-state index contributed by atoms with van der Waals surface area (Å²) in [5.41, 5.74) is 2.79. The number of oxazole rings is 1. The quantitative estimate of drug-likeness (QED) is 0.701.